The SMILES string of the molecule is N#Cc1ccc(NC(=O)CNc2ccccc2C(=O)NCC(F)(F)F)cc1Cl. The lowest BCUT2D eigenvalue weighted by atomic mass is 10.1. The topological polar surface area (TPSA) is 94.0 Å². The molecule has 3 N–H and O–H groups in total. The monoisotopic (exact) mass is 410 g/mol. The van der Waals surface area contributed by atoms with Crippen LogP contribution in [-0.4, -0.2) is 31.1 Å². The summed E-state index contributed by atoms with van der Waals surface area (Å²) in [7, 11) is 0. The van der Waals surface area contributed by atoms with Gasteiger partial charge >= 0.3 is 6.18 Å². The first-order valence-corrected chi connectivity index (χ1v) is 8.25. The van der Waals surface area contributed by atoms with Crippen LogP contribution in [0.2, 0.25) is 5.02 Å². The van der Waals surface area contributed by atoms with E-state index in [4.69, 9.17) is 16.9 Å². The van der Waals surface area contributed by atoms with Crippen molar-refractivity contribution in [2.45, 2.75) is 6.18 Å². The highest BCUT2D eigenvalue weighted by Crippen LogP contribution is 2.20. The fraction of sp³-hybridized carbons (Fsp3) is 0.167. The number of amides is 2. The van der Waals surface area contributed by atoms with Crippen molar-refractivity contribution in [1.29, 1.82) is 5.26 Å². The first-order valence-electron chi connectivity index (χ1n) is 7.87. The van der Waals surface area contributed by atoms with Crippen molar-refractivity contribution in [3.63, 3.8) is 0 Å². The molecule has 0 spiro atoms. The van der Waals surface area contributed by atoms with E-state index >= 15 is 0 Å². The summed E-state index contributed by atoms with van der Waals surface area (Å²) in [5, 5.41) is 16.0. The summed E-state index contributed by atoms with van der Waals surface area (Å²) in [6.45, 7) is -1.71. The fourth-order valence-corrected chi connectivity index (χ4v) is 2.40. The molecule has 0 saturated heterocycles. The normalized spacial score (nSPS) is 10.7. The predicted octanol–water partition coefficient (Wildman–Crippen LogP) is 3.55. The molecule has 0 radical (unpaired) electrons. The molecule has 0 fully saturated rings. The molecule has 2 aromatic rings. The second kappa shape index (κ2) is 9.10. The maximum Gasteiger partial charge on any atom is 0.405 e. The molecule has 10 heteroatoms. The maximum absolute atomic E-state index is 12.3. The average Bonchev–Trinajstić information content (AvgIpc) is 2.64. The molecular formula is C18H14ClF3N4O2. The molecule has 0 atom stereocenters. The summed E-state index contributed by atoms with van der Waals surface area (Å²) in [5.41, 5.74) is 0.805. The van der Waals surface area contributed by atoms with E-state index in [2.05, 4.69) is 10.6 Å². The van der Waals surface area contributed by atoms with Crippen molar-refractivity contribution in [2.24, 2.45) is 0 Å². The summed E-state index contributed by atoms with van der Waals surface area (Å²) in [4.78, 5) is 24.0. The van der Waals surface area contributed by atoms with Crippen LogP contribution in [0.15, 0.2) is 42.5 Å². The number of alkyl halides is 3. The van der Waals surface area contributed by atoms with Gasteiger partial charge in [-0.25, -0.2) is 0 Å². The third-order valence-electron chi connectivity index (χ3n) is 3.43. The van der Waals surface area contributed by atoms with Crippen molar-refractivity contribution in [3.05, 3.63) is 58.6 Å². The summed E-state index contributed by atoms with van der Waals surface area (Å²) in [6.07, 6.45) is -4.53. The van der Waals surface area contributed by atoms with Gasteiger partial charge in [-0.1, -0.05) is 23.7 Å². The summed E-state index contributed by atoms with van der Waals surface area (Å²) < 4.78 is 36.8. The van der Waals surface area contributed by atoms with Gasteiger partial charge in [0.25, 0.3) is 5.91 Å². The minimum Gasteiger partial charge on any atom is -0.376 e. The number of hydrogen-bond donors (Lipinski definition) is 3. The number of halogens is 4. The van der Waals surface area contributed by atoms with Gasteiger partial charge in [0.1, 0.15) is 12.6 Å². The molecule has 0 aliphatic carbocycles. The number of anilines is 2. The first-order chi connectivity index (χ1) is 13.2. The van der Waals surface area contributed by atoms with Crippen LogP contribution in [0.5, 0.6) is 0 Å². The Kier molecular flexibility index (Phi) is 6.84. The van der Waals surface area contributed by atoms with Crippen LogP contribution >= 0.6 is 11.6 Å². The number of nitriles is 1. The molecule has 0 saturated carbocycles. The van der Waals surface area contributed by atoms with Crippen molar-refractivity contribution in [1.82, 2.24) is 5.32 Å². The summed E-state index contributed by atoms with van der Waals surface area (Å²) in [6, 6.07) is 12.1. The summed E-state index contributed by atoms with van der Waals surface area (Å²) >= 11 is 5.89. The smallest absolute Gasteiger partial charge is 0.376 e. The zero-order valence-electron chi connectivity index (χ0n) is 14.2. The molecule has 0 aromatic heterocycles. The number of rotatable bonds is 6. The van der Waals surface area contributed by atoms with Gasteiger partial charge in [-0.3, -0.25) is 9.59 Å². The molecular weight excluding hydrogens is 397 g/mol. The third-order valence-corrected chi connectivity index (χ3v) is 3.75. The quantitative estimate of drug-likeness (QED) is 0.678. The fourth-order valence-electron chi connectivity index (χ4n) is 2.18. The van der Waals surface area contributed by atoms with E-state index in [1.807, 2.05) is 6.07 Å². The molecule has 28 heavy (non-hydrogen) atoms. The van der Waals surface area contributed by atoms with Crippen LogP contribution in [0, 0.1) is 11.3 Å². The maximum atomic E-state index is 12.3. The second-order valence-corrected chi connectivity index (χ2v) is 5.96. The van der Waals surface area contributed by atoms with Gasteiger partial charge in [0.15, 0.2) is 0 Å². The predicted molar refractivity (Wildman–Crippen MR) is 98.1 cm³/mol. The van der Waals surface area contributed by atoms with E-state index in [9.17, 15) is 22.8 Å². The molecule has 2 amide bonds. The van der Waals surface area contributed by atoms with Crippen LogP contribution in [0.25, 0.3) is 0 Å². The largest absolute Gasteiger partial charge is 0.405 e. The minimum atomic E-state index is -4.53. The molecule has 0 aliphatic rings. The van der Waals surface area contributed by atoms with Crippen LogP contribution in [-0.2, 0) is 4.79 Å². The van der Waals surface area contributed by atoms with Crippen molar-refractivity contribution >= 4 is 34.8 Å². The lowest BCUT2D eigenvalue weighted by molar-refractivity contribution is -0.123. The number of para-hydroxylation sites is 1. The van der Waals surface area contributed by atoms with Crippen LogP contribution in [0.3, 0.4) is 0 Å². The van der Waals surface area contributed by atoms with Gasteiger partial charge in [0, 0.05) is 11.4 Å². The highest BCUT2D eigenvalue weighted by molar-refractivity contribution is 6.32. The van der Waals surface area contributed by atoms with Crippen LogP contribution in [0.1, 0.15) is 15.9 Å². The van der Waals surface area contributed by atoms with Crippen molar-refractivity contribution < 1.29 is 22.8 Å². The van der Waals surface area contributed by atoms with Gasteiger partial charge < -0.3 is 16.0 Å². The lowest BCUT2D eigenvalue weighted by Crippen LogP contribution is -2.34. The van der Waals surface area contributed by atoms with E-state index in [0.29, 0.717) is 5.69 Å². The third kappa shape index (κ3) is 6.17. The molecule has 146 valence electrons. The molecule has 2 rings (SSSR count). The van der Waals surface area contributed by atoms with Crippen LogP contribution < -0.4 is 16.0 Å². The Morgan fingerprint density at radius 1 is 1.14 bits per heavy atom. The van der Waals surface area contributed by atoms with Gasteiger partial charge in [-0.2, -0.15) is 18.4 Å². The Morgan fingerprint density at radius 2 is 1.86 bits per heavy atom. The highest BCUT2D eigenvalue weighted by atomic mass is 35.5. The van der Waals surface area contributed by atoms with Gasteiger partial charge in [0.2, 0.25) is 5.91 Å². The van der Waals surface area contributed by atoms with E-state index in [1.54, 1.807) is 11.4 Å². The van der Waals surface area contributed by atoms with E-state index in [1.165, 1.54) is 36.4 Å². The molecule has 2 aromatic carbocycles. The Balaban J connectivity index is 1.99. The molecule has 0 heterocycles. The minimum absolute atomic E-state index is 0.0269. The van der Waals surface area contributed by atoms with E-state index in [-0.39, 0.29) is 28.4 Å². The Hall–Kier alpha value is -3.25. The number of carbonyl (C=O) groups is 2. The standard InChI is InChI=1S/C18H14ClF3N4O2/c19-14-7-12(6-5-11(14)8-23)26-16(27)9-24-15-4-2-1-3-13(15)17(28)25-10-18(20,21)22/h1-7,24H,9-10H2,(H,25,28)(H,26,27). The zero-order chi connectivity index (χ0) is 20.7. The molecule has 0 aliphatic heterocycles. The summed E-state index contributed by atoms with van der Waals surface area (Å²) in [5.74, 6) is -1.40. The second-order valence-electron chi connectivity index (χ2n) is 5.55. The van der Waals surface area contributed by atoms with Crippen molar-refractivity contribution in [3.8, 4) is 6.07 Å². The average molecular weight is 411 g/mol. The molecule has 6 nitrogen and oxygen atoms in total. The van der Waals surface area contributed by atoms with E-state index in [0.717, 1.165) is 0 Å². The number of benzene rings is 2. The lowest BCUT2D eigenvalue weighted by Gasteiger charge is -2.13. The van der Waals surface area contributed by atoms with Gasteiger partial charge in [0.05, 0.1) is 22.7 Å². The van der Waals surface area contributed by atoms with Crippen LogP contribution in [0.4, 0.5) is 24.5 Å². The molecule has 0 unspecified atom stereocenters. The molecule has 0 bridgehead atoms. The Morgan fingerprint density at radius 3 is 2.50 bits per heavy atom. The number of hydrogen-bond acceptors (Lipinski definition) is 4. The van der Waals surface area contributed by atoms with Crippen molar-refractivity contribution in [2.75, 3.05) is 23.7 Å². The Labute approximate surface area is 163 Å². The van der Waals surface area contributed by atoms with Gasteiger partial charge in [-0.05, 0) is 30.3 Å². The zero-order valence-corrected chi connectivity index (χ0v) is 15.0. The number of nitrogens with one attached hydrogen (secondary N) is 3. The van der Waals surface area contributed by atoms with Gasteiger partial charge in [-0.15, -0.1) is 0 Å². The number of nitrogens with zero attached hydrogens (tertiary/aromatic N) is 1. The Bertz CT molecular complexity index is 926. The highest BCUT2D eigenvalue weighted by Gasteiger charge is 2.28. The van der Waals surface area contributed by atoms with E-state index < -0.39 is 24.5 Å². The number of carbonyl (C=O) groups excluding carboxylic acids is 2. The first kappa shape index (κ1) is 21.1.